The minimum Gasteiger partial charge on any atom is -0.504 e. The molecule has 1 aliphatic heterocycles. The number of hydroxylamine groups is 2. The Morgan fingerprint density at radius 3 is 2.79 bits per heavy atom. The zero-order chi connectivity index (χ0) is 20.4. The maximum atomic E-state index is 11.0. The first-order chi connectivity index (χ1) is 14.0. The fourth-order valence-electron chi connectivity index (χ4n) is 2.71. The number of benzene rings is 1. The summed E-state index contributed by atoms with van der Waals surface area (Å²) in [6.07, 6.45) is 1.56. The molecule has 3 aromatic rings. The molecule has 1 aliphatic rings. The Labute approximate surface area is 163 Å². The molecule has 12 nitrogen and oxygen atoms in total. The van der Waals surface area contributed by atoms with E-state index in [-0.39, 0.29) is 23.2 Å². The van der Waals surface area contributed by atoms with E-state index in [0.717, 1.165) is 12.1 Å². The van der Waals surface area contributed by atoms with E-state index in [1.165, 1.54) is 0 Å². The number of nitro groups is 1. The first kappa shape index (κ1) is 18.6. The Bertz CT molecular complexity index is 1050. The fraction of sp³-hybridized carbons (Fsp3) is 0.235. The first-order valence-electron chi connectivity index (χ1n) is 8.53. The third-order valence-electron chi connectivity index (χ3n) is 4.14. The Morgan fingerprint density at radius 2 is 2.03 bits per heavy atom. The average Bonchev–Trinajstić information content (AvgIpc) is 3.21. The van der Waals surface area contributed by atoms with Crippen LogP contribution in [0.5, 0.6) is 17.4 Å². The number of hydrogen-bond donors (Lipinski definition) is 2. The molecule has 0 aliphatic carbocycles. The number of nitro benzene ring substituents is 1. The topological polar surface area (TPSA) is 157 Å². The van der Waals surface area contributed by atoms with Gasteiger partial charge in [0.25, 0.3) is 5.89 Å². The van der Waals surface area contributed by atoms with Gasteiger partial charge in [0.2, 0.25) is 17.5 Å². The average molecular weight is 401 g/mol. The van der Waals surface area contributed by atoms with Crippen LogP contribution in [0.4, 0.5) is 5.69 Å². The van der Waals surface area contributed by atoms with Crippen LogP contribution in [0.2, 0.25) is 0 Å². The van der Waals surface area contributed by atoms with Crippen LogP contribution in [-0.2, 0) is 4.74 Å². The molecule has 1 saturated heterocycles. The van der Waals surface area contributed by atoms with E-state index in [1.54, 1.807) is 23.4 Å². The smallest absolute Gasteiger partial charge is 0.315 e. The molecule has 0 spiro atoms. The fourth-order valence-corrected chi connectivity index (χ4v) is 2.71. The van der Waals surface area contributed by atoms with Gasteiger partial charge in [0.1, 0.15) is 0 Å². The third kappa shape index (κ3) is 3.79. The number of hydrogen-bond acceptors (Lipinski definition) is 11. The van der Waals surface area contributed by atoms with Crippen molar-refractivity contribution in [2.24, 2.45) is 0 Å². The zero-order valence-electron chi connectivity index (χ0n) is 14.9. The van der Waals surface area contributed by atoms with Gasteiger partial charge in [-0.15, -0.1) is 5.06 Å². The molecule has 0 amide bonds. The lowest BCUT2D eigenvalue weighted by atomic mass is 10.1. The highest BCUT2D eigenvalue weighted by Crippen LogP contribution is 2.39. The van der Waals surface area contributed by atoms with Crippen molar-refractivity contribution in [2.45, 2.75) is 0 Å². The molecule has 2 N–H and O–H groups in total. The predicted molar refractivity (Wildman–Crippen MR) is 96.0 cm³/mol. The van der Waals surface area contributed by atoms with Crippen molar-refractivity contribution in [1.29, 1.82) is 0 Å². The molecule has 150 valence electrons. The maximum Gasteiger partial charge on any atom is 0.315 e. The molecule has 12 heteroatoms. The molecule has 0 bridgehead atoms. The molecule has 2 aromatic heterocycles. The summed E-state index contributed by atoms with van der Waals surface area (Å²) in [6.45, 7) is 2.23. The highest BCUT2D eigenvalue weighted by atomic mass is 16.7. The lowest BCUT2D eigenvalue weighted by Crippen LogP contribution is -2.38. The number of ether oxygens (including phenoxy) is 1. The lowest BCUT2D eigenvalue weighted by Gasteiger charge is -2.25. The van der Waals surface area contributed by atoms with Gasteiger partial charge in [-0.3, -0.25) is 10.1 Å². The largest absolute Gasteiger partial charge is 0.504 e. The second-order valence-corrected chi connectivity index (χ2v) is 6.03. The first-order valence-corrected chi connectivity index (χ1v) is 8.53. The van der Waals surface area contributed by atoms with Crippen molar-refractivity contribution < 1.29 is 29.2 Å². The second-order valence-electron chi connectivity index (χ2n) is 6.03. The molecule has 4 rings (SSSR count). The van der Waals surface area contributed by atoms with Crippen molar-refractivity contribution in [3.8, 4) is 40.2 Å². The van der Waals surface area contributed by atoms with E-state index >= 15 is 0 Å². The molecular formula is C17H15N5O7. The van der Waals surface area contributed by atoms with Crippen LogP contribution < -0.4 is 4.84 Å². The molecule has 1 aromatic carbocycles. The van der Waals surface area contributed by atoms with Gasteiger partial charge < -0.3 is 24.3 Å². The van der Waals surface area contributed by atoms with Crippen molar-refractivity contribution in [3.05, 3.63) is 40.6 Å². The van der Waals surface area contributed by atoms with Gasteiger partial charge in [-0.2, -0.15) is 4.98 Å². The van der Waals surface area contributed by atoms with Gasteiger partial charge in [-0.1, -0.05) is 5.16 Å². The highest BCUT2D eigenvalue weighted by Gasteiger charge is 2.23. The van der Waals surface area contributed by atoms with Gasteiger partial charge in [0.05, 0.1) is 42.4 Å². The van der Waals surface area contributed by atoms with E-state index in [2.05, 4.69) is 15.1 Å². The standard InChI is InChI=1S/C17H15N5O7/c23-13-9-10(8-12(14(13)24)22(25)26)16-19-15(20-28-16)11-2-1-3-18-17(11)29-21-4-6-27-7-5-21/h1-3,8-9,23-24H,4-7H2. The van der Waals surface area contributed by atoms with Gasteiger partial charge in [0, 0.05) is 12.3 Å². The van der Waals surface area contributed by atoms with Crippen LogP contribution in [0.1, 0.15) is 0 Å². The second kappa shape index (κ2) is 7.69. The minimum atomic E-state index is -0.841. The number of aromatic nitrogens is 3. The molecule has 0 unspecified atom stereocenters. The summed E-state index contributed by atoms with van der Waals surface area (Å²) in [4.78, 5) is 24.4. The molecule has 0 atom stereocenters. The van der Waals surface area contributed by atoms with Crippen molar-refractivity contribution >= 4 is 5.69 Å². The van der Waals surface area contributed by atoms with Crippen LogP contribution >= 0.6 is 0 Å². The number of phenols is 2. The SMILES string of the molecule is O=[N+]([O-])c1cc(-c2nc(-c3cccnc3ON3CCOCC3)no2)cc(O)c1O. The molecule has 3 heterocycles. The molecule has 0 saturated carbocycles. The quantitative estimate of drug-likeness (QED) is 0.364. The van der Waals surface area contributed by atoms with E-state index in [4.69, 9.17) is 14.1 Å². The normalized spacial score (nSPS) is 14.6. The minimum absolute atomic E-state index is 0.0743. The van der Waals surface area contributed by atoms with Gasteiger partial charge >= 0.3 is 5.69 Å². The number of morpholine rings is 1. The Morgan fingerprint density at radius 1 is 1.24 bits per heavy atom. The Hall–Kier alpha value is -3.77. The van der Waals surface area contributed by atoms with Crippen LogP contribution in [0.15, 0.2) is 35.0 Å². The predicted octanol–water partition coefficient (Wildman–Crippen LogP) is 1.74. The highest BCUT2D eigenvalue weighted by molar-refractivity contribution is 5.69. The number of aromatic hydroxyl groups is 2. The number of phenolic OH excluding ortho intramolecular Hbond substituents is 2. The van der Waals surface area contributed by atoms with Crippen molar-refractivity contribution in [1.82, 2.24) is 20.2 Å². The zero-order valence-corrected chi connectivity index (χ0v) is 14.9. The molecular weight excluding hydrogens is 386 g/mol. The Balaban J connectivity index is 1.66. The summed E-state index contributed by atoms with van der Waals surface area (Å²) >= 11 is 0. The van der Waals surface area contributed by atoms with Crippen LogP contribution in [-0.4, -0.2) is 61.6 Å². The lowest BCUT2D eigenvalue weighted by molar-refractivity contribution is -0.385. The van der Waals surface area contributed by atoms with Gasteiger partial charge in [-0.25, -0.2) is 4.98 Å². The van der Waals surface area contributed by atoms with Crippen molar-refractivity contribution in [3.63, 3.8) is 0 Å². The maximum absolute atomic E-state index is 11.0. The third-order valence-corrected chi connectivity index (χ3v) is 4.14. The molecule has 29 heavy (non-hydrogen) atoms. The van der Waals surface area contributed by atoms with Crippen LogP contribution in [0.25, 0.3) is 22.8 Å². The number of nitrogens with zero attached hydrogens (tertiary/aromatic N) is 5. The van der Waals surface area contributed by atoms with E-state index in [9.17, 15) is 20.3 Å². The summed E-state index contributed by atoms with van der Waals surface area (Å²) in [5, 5.41) is 36.0. The van der Waals surface area contributed by atoms with E-state index in [1.807, 2.05) is 0 Å². The molecule has 1 fully saturated rings. The van der Waals surface area contributed by atoms with Crippen LogP contribution in [0, 0.1) is 10.1 Å². The van der Waals surface area contributed by atoms with E-state index in [0.29, 0.717) is 31.9 Å². The van der Waals surface area contributed by atoms with E-state index < -0.39 is 22.1 Å². The number of rotatable bonds is 5. The number of pyridine rings is 1. The van der Waals surface area contributed by atoms with Crippen LogP contribution in [0.3, 0.4) is 0 Å². The van der Waals surface area contributed by atoms with Gasteiger partial charge in [0.15, 0.2) is 5.75 Å². The van der Waals surface area contributed by atoms with Crippen molar-refractivity contribution in [2.75, 3.05) is 26.3 Å². The summed E-state index contributed by atoms with van der Waals surface area (Å²) < 4.78 is 10.5. The Kier molecular flexibility index (Phi) is 4.93. The molecule has 0 radical (unpaired) electrons. The summed E-state index contributed by atoms with van der Waals surface area (Å²) in [7, 11) is 0. The summed E-state index contributed by atoms with van der Waals surface area (Å²) in [5.74, 6) is -1.19. The van der Waals surface area contributed by atoms with Gasteiger partial charge in [-0.05, 0) is 18.2 Å². The summed E-state index contributed by atoms with van der Waals surface area (Å²) in [6, 6.07) is 5.48. The summed E-state index contributed by atoms with van der Waals surface area (Å²) in [5.41, 5.74) is -0.158. The monoisotopic (exact) mass is 401 g/mol.